The zero-order valence-electron chi connectivity index (χ0n) is 24.4. The van der Waals surface area contributed by atoms with E-state index in [2.05, 4.69) is 162 Å². The highest BCUT2D eigenvalue weighted by Crippen LogP contribution is 2.37. The van der Waals surface area contributed by atoms with E-state index < -0.39 is 0 Å². The topological polar surface area (TPSA) is 30.1 Å². The monoisotopic (exact) mass is 576 g/mol. The molecule has 0 saturated heterocycles. The van der Waals surface area contributed by atoms with Crippen LogP contribution in [0.15, 0.2) is 168 Å². The molecule has 0 radical (unpaired) electrons. The number of para-hydroxylation sites is 4. The van der Waals surface area contributed by atoms with Crippen molar-refractivity contribution in [2.75, 3.05) is 5.32 Å². The molecule has 0 aliphatic rings. The molecule has 0 bridgehead atoms. The lowest BCUT2D eigenvalue weighted by Gasteiger charge is -2.10. The Morgan fingerprint density at radius 2 is 1.04 bits per heavy atom. The van der Waals surface area contributed by atoms with Gasteiger partial charge >= 0.3 is 0 Å². The van der Waals surface area contributed by atoms with Crippen LogP contribution in [0.5, 0.6) is 0 Å². The van der Waals surface area contributed by atoms with E-state index in [1.165, 1.54) is 38.6 Å². The van der Waals surface area contributed by atoms with E-state index in [4.69, 9.17) is 4.42 Å². The molecule has 0 atom stereocenters. The van der Waals surface area contributed by atoms with E-state index in [-0.39, 0.29) is 0 Å². The van der Waals surface area contributed by atoms with Crippen molar-refractivity contribution in [1.82, 2.24) is 4.57 Å². The first-order valence-corrected chi connectivity index (χ1v) is 15.3. The summed E-state index contributed by atoms with van der Waals surface area (Å²) in [5, 5.41) is 8.39. The molecule has 45 heavy (non-hydrogen) atoms. The minimum atomic E-state index is 0.917. The van der Waals surface area contributed by atoms with Crippen molar-refractivity contribution in [3.8, 4) is 27.9 Å². The summed E-state index contributed by atoms with van der Waals surface area (Å²) in [5.41, 5.74) is 12.1. The van der Waals surface area contributed by atoms with E-state index in [0.29, 0.717) is 0 Å². The van der Waals surface area contributed by atoms with Crippen molar-refractivity contribution in [3.05, 3.63) is 164 Å². The molecule has 1 N–H and O–H groups in total. The van der Waals surface area contributed by atoms with Crippen LogP contribution in [0.25, 0.3) is 71.7 Å². The molecular formula is C42H28N2O. The Labute approximate surface area is 260 Å². The Balaban J connectivity index is 1.00. The zero-order chi connectivity index (χ0) is 29.7. The largest absolute Gasteiger partial charge is 0.455 e. The van der Waals surface area contributed by atoms with Crippen LogP contribution in [-0.2, 0) is 0 Å². The highest BCUT2D eigenvalue weighted by atomic mass is 16.3. The van der Waals surface area contributed by atoms with Crippen molar-refractivity contribution in [1.29, 1.82) is 0 Å². The Morgan fingerprint density at radius 3 is 1.84 bits per heavy atom. The molecule has 7 aromatic carbocycles. The number of aromatic nitrogens is 1. The van der Waals surface area contributed by atoms with Crippen molar-refractivity contribution in [3.63, 3.8) is 0 Å². The number of benzene rings is 7. The normalized spacial score (nSPS) is 11.6. The van der Waals surface area contributed by atoms with Crippen LogP contribution in [-0.4, -0.2) is 4.57 Å². The van der Waals surface area contributed by atoms with E-state index >= 15 is 0 Å². The van der Waals surface area contributed by atoms with Gasteiger partial charge in [0.1, 0.15) is 11.2 Å². The lowest BCUT2D eigenvalue weighted by molar-refractivity contribution is 0.670. The fraction of sp³-hybridized carbons (Fsp3) is 0. The second kappa shape index (κ2) is 10.3. The van der Waals surface area contributed by atoms with Gasteiger partial charge in [-0.2, -0.15) is 0 Å². The minimum Gasteiger partial charge on any atom is -0.455 e. The number of anilines is 2. The van der Waals surface area contributed by atoms with Crippen LogP contribution in [0.4, 0.5) is 11.4 Å². The first-order valence-electron chi connectivity index (χ1n) is 15.3. The van der Waals surface area contributed by atoms with Crippen LogP contribution in [0.1, 0.15) is 0 Å². The predicted molar refractivity (Wildman–Crippen MR) is 189 cm³/mol. The van der Waals surface area contributed by atoms with Crippen molar-refractivity contribution < 1.29 is 4.42 Å². The third-order valence-corrected chi connectivity index (χ3v) is 8.80. The lowest BCUT2D eigenvalue weighted by atomic mass is 10.0. The van der Waals surface area contributed by atoms with E-state index in [1.807, 2.05) is 12.1 Å². The highest BCUT2D eigenvalue weighted by molar-refractivity contribution is 6.11. The standard InChI is InChI=1S/C42H28N2O/c1-2-9-33(10-3-1)44-39-15-6-4-11-35(39)36-26-21-30(27-40(36)44)28-17-22-31(23-18-28)43-32-24-19-29(20-25-32)34-13-8-14-38-37-12-5-7-16-41(37)45-42(34)38/h1-27,43H. The molecule has 9 rings (SSSR count). The van der Waals surface area contributed by atoms with Gasteiger partial charge < -0.3 is 14.3 Å². The lowest BCUT2D eigenvalue weighted by Crippen LogP contribution is -1.93. The van der Waals surface area contributed by atoms with E-state index in [1.54, 1.807) is 0 Å². The number of rotatable bonds is 5. The summed E-state index contributed by atoms with van der Waals surface area (Å²) in [7, 11) is 0. The first-order chi connectivity index (χ1) is 22.3. The number of nitrogens with zero attached hydrogens (tertiary/aromatic N) is 1. The van der Waals surface area contributed by atoms with Crippen LogP contribution in [0, 0.1) is 0 Å². The molecule has 0 amide bonds. The number of hydrogen-bond donors (Lipinski definition) is 1. The quantitative estimate of drug-likeness (QED) is 0.221. The number of furan rings is 1. The summed E-state index contributed by atoms with van der Waals surface area (Å²) in [4.78, 5) is 0. The zero-order valence-corrected chi connectivity index (χ0v) is 24.4. The second-order valence-electron chi connectivity index (χ2n) is 11.5. The third-order valence-electron chi connectivity index (χ3n) is 8.80. The number of nitrogens with one attached hydrogen (secondary N) is 1. The fourth-order valence-electron chi connectivity index (χ4n) is 6.63. The second-order valence-corrected chi connectivity index (χ2v) is 11.5. The van der Waals surface area contributed by atoms with Crippen LogP contribution in [0.2, 0.25) is 0 Å². The van der Waals surface area contributed by atoms with Gasteiger partial charge in [0, 0.05) is 44.2 Å². The van der Waals surface area contributed by atoms with Crippen molar-refractivity contribution in [2.24, 2.45) is 0 Å². The molecule has 0 saturated carbocycles. The van der Waals surface area contributed by atoms with Gasteiger partial charge in [-0.05, 0) is 71.3 Å². The molecule has 0 fully saturated rings. The summed E-state index contributed by atoms with van der Waals surface area (Å²) < 4.78 is 8.63. The average Bonchev–Trinajstić information content (AvgIpc) is 3.65. The van der Waals surface area contributed by atoms with Crippen LogP contribution in [0.3, 0.4) is 0 Å². The molecule has 0 aliphatic carbocycles. The van der Waals surface area contributed by atoms with E-state index in [9.17, 15) is 0 Å². The summed E-state index contributed by atoms with van der Waals surface area (Å²) >= 11 is 0. The van der Waals surface area contributed by atoms with Gasteiger partial charge in [0.2, 0.25) is 0 Å². The van der Waals surface area contributed by atoms with Gasteiger partial charge in [0.15, 0.2) is 0 Å². The van der Waals surface area contributed by atoms with Crippen molar-refractivity contribution in [2.45, 2.75) is 0 Å². The summed E-state index contributed by atoms with van der Waals surface area (Å²) in [6.45, 7) is 0. The maximum atomic E-state index is 6.26. The van der Waals surface area contributed by atoms with Crippen molar-refractivity contribution >= 4 is 55.1 Å². The summed E-state index contributed by atoms with van der Waals surface area (Å²) in [5.74, 6) is 0. The molecule has 3 heteroatoms. The van der Waals surface area contributed by atoms with Gasteiger partial charge in [-0.1, -0.05) is 109 Å². The molecule has 212 valence electrons. The Hall–Kier alpha value is -6.06. The fourth-order valence-corrected chi connectivity index (χ4v) is 6.63. The maximum Gasteiger partial charge on any atom is 0.143 e. The predicted octanol–water partition coefficient (Wildman–Crippen LogP) is 11.8. The molecule has 0 spiro atoms. The summed E-state index contributed by atoms with van der Waals surface area (Å²) in [6.07, 6.45) is 0. The Morgan fingerprint density at radius 1 is 0.422 bits per heavy atom. The highest BCUT2D eigenvalue weighted by Gasteiger charge is 2.14. The Kier molecular flexibility index (Phi) is 5.82. The molecule has 3 nitrogen and oxygen atoms in total. The molecule has 0 aliphatic heterocycles. The molecule has 2 aromatic heterocycles. The van der Waals surface area contributed by atoms with Crippen LogP contribution < -0.4 is 5.32 Å². The average molecular weight is 577 g/mol. The molecular weight excluding hydrogens is 548 g/mol. The minimum absolute atomic E-state index is 0.917. The smallest absolute Gasteiger partial charge is 0.143 e. The Bertz CT molecular complexity index is 2480. The van der Waals surface area contributed by atoms with Gasteiger partial charge in [-0.25, -0.2) is 0 Å². The molecule has 9 aromatic rings. The van der Waals surface area contributed by atoms with Gasteiger partial charge in [-0.15, -0.1) is 0 Å². The SMILES string of the molecule is c1ccc(-n2c3ccccc3c3ccc(-c4ccc(Nc5ccc(-c6cccc7c6oc6ccccc67)cc5)cc4)cc32)cc1. The third kappa shape index (κ3) is 4.29. The van der Waals surface area contributed by atoms with Gasteiger partial charge in [0.05, 0.1) is 11.0 Å². The number of fused-ring (bicyclic) bond motifs is 6. The molecule has 0 unspecified atom stereocenters. The number of hydrogen-bond acceptors (Lipinski definition) is 2. The van der Waals surface area contributed by atoms with Crippen LogP contribution >= 0.6 is 0 Å². The maximum absolute atomic E-state index is 6.26. The van der Waals surface area contributed by atoms with Gasteiger partial charge in [-0.3, -0.25) is 0 Å². The van der Waals surface area contributed by atoms with E-state index in [0.717, 1.165) is 44.4 Å². The first kappa shape index (κ1) is 25.4. The summed E-state index contributed by atoms with van der Waals surface area (Å²) in [6, 6.07) is 57.9. The molecule has 2 heterocycles. The van der Waals surface area contributed by atoms with Gasteiger partial charge in [0.25, 0.3) is 0 Å².